The first-order chi connectivity index (χ1) is 10.3. The number of rotatable bonds is 6. The van der Waals surface area contributed by atoms with Gasteiger partial charge in [-0.25, -0.2) is 4.79 Å². The number of carbonyl (C=O) groups excluding carboxylic acids is 1. The summed E-state index contributed by atoms with van der Waals surface area (Å²) < 4.78 is 5.65. The lowest BCUT2D eigenvalue weighted by atomic mass is 10.1. The zero-order chi connectivity index (χ0) is 14.9. The van der Waals surface area contributed by atoms with E-state index in [0.717, 1.165) is 31.6 Å². The minimum absolute atomic E-state index is 0.0262. The third kappa shape index (κ3) is 5.71. The van der Waals surface area contributed by atoms with Crippen molar-refractivity contribution in [3.05, 3.63) is 30.1 Å². The van der Waals surface area contributed by atoms with Crippen LogP contribution in [0.3, 0.4) is 0 Å². The van der Waals surface area contributed by atoms with Gasteiger partial charge in [-0.1, -0.05) is 6.07 Å². The Bertz CT molecular complexity index is 419. The Balaban J connectivity index is 1.60. The van der Waals surface area contributed by atoms with Crippen LogP contribution in [0, 0.1) is 0 Å². The topological polar surface area (TPSA) is 54.5 Å². The van der Waals surface area contributed by atoms with E-state index in [2.05, 4.69) is 10.3 Å². The molecule has 116 valence electrons. The summed E-state index contributed by atoms with van der Waals surface area (Å²) in [6.45, 7) is 2.21. The summed E-state index contributed by atoms with van der Waals surface area (Å²) in [4.78, 5) is 17.9. The second kappa shape index (κ2) is 8.62. The average molecular weight is 291 g/mol. The molecule has 0 aliphatic carbocycles. The molecule has 2 amide bonds. The van der Waals surface area contributed by atoms with Crippen molar-refractivity contribution in [2.45, 2.75) is 38.2 Å². The van der Waals surface area contributed by atoms with Gasteiger partial charge in [0.25, 0.3) is 0 Å². The molecule has 1 aliphatic rings. The molecule has 1 aromatic heterocycles. The molecule has 0 saturated carbocycles. The zero-order valence-corrected chi connectivity index (χ0v) is 12.8. The molecule has 0 spiro atoms. The van der Waals surface area contributed by atoms with Crippen molar-refractivity contribution in [2.24, 2.45) is 0 Å². The molecule has 21 heavy (non-hydrogen) atoms. The Morgan fingerprint density at radius 2 is 2.38 bits per heavy atom. The number of carbonyl (C=O) groups is 1. The van der Waals surface area contributed by atoms with Gasteiger partial charge in [-0.2, -0.15) is 0 Å². The zero-order valence-electron chi connectivity index (χ0n) is 12.8. The summed E-state index contributed by atoms with van der Waals surface area (Å²) in [5.74, 6) is 0. The molecule has 2 rings (SSSR count). The van der Waals surface area contributed by atoms with Crippen LogP contribution in [0.1, 0.15) is 31.4 Å². The monoisotopic (exact) mass is 291 g/mol. The second-order valence-electron chi connectivity index (χ2n) is 5.50. The number of nitrogens with zero attached hydrogens (tertiary/aromatic N) is 2. The predicted molar refractivity (Wildman–Crippen MR) is 82.2 cm³/mol. The van der Waals surface area contributed by atoms with Crippen molar-refractivity contribution in [1.29, 1.82) is 0 Å². The molecular formula is C16H25N3O2. The minimum Gasteiger partial charge on any atom is -0.378 e. The number of hydrogen-bond acceptors (Lipinski definition) is 3. The maximum absolute atomic E-state index is 12.0. The van der Waals surface area contributed by atoms with Crippen LogP contribution < -0.4 is 5.32 Å². The number of urea groups is 1. The first kappa shape index (κ1) is 15.8. The molecule has 1 unspecified atom stereocenters. The summed E-state index contributed by atoms with van der Waals surface area (Å²) in [5.41, 5.74) is 1.01. The molecule has 1 N–H and O–H groups in total. The van der Waals surface area contributed by atoms with Crippen molar-refractivity contribution < 1.29 is 9.53 Å². The van der Waals surface area contributed by atoms with E-state index in [-0.39, 0.29) is 6.03 Å². The minimum atomic E-state index is -0.0262. The quantitative estimate of drug-likeness (QED) is 0.874. The molecule has 5 heteroatoms. The Hall–Kier alpha value is -1.62. The van der Waals surface area contributed by atoms with E-state index in [9.17, 15) is 4.79 Å². The maximum atomic E-state index is 12.0. The van der Waals surface area contributed by atoms with Crippen LogP contribution in [0.5, 0.6) is 0 Å². The van der Waals surface area contributed by atoms with Gasteiger partial charge in [0, 0.05) is 45.1 Å². The summed E-state index contributed by atoms with van der Waals surface area (Å²) in [5, 5.41) is 2.95. The Kier molecular flexibility index (Phi) is 6.47. The lowest BCUT2D eigenvalue weighted by molar-refractivity contribution is 0.0118. The third-order valence-electron chi connectivity index (χ3n) is 3.79. The van der Waals surface area contributed by atoms with E-state index in [1.165, 1.54) is 12.8 Å². The highest BCUT2D eigenvalue weighted by Crippen LogP contribution is 2.14. The number of likely N-dealkylation sites (N-methyl/N-ethyl adjacent to an activating group) is 1. The Morgan fingerprint density at radius 1 is 1.48 bits per heavy atom. The number of pyridine rings is 1. The molecule has 1 atom stereocenters. The summed E-state index contributed by atoms with van der Waals surface area (Å²) in [6.07, 6.45) is 7.29. The van der Waals surface area contributed by atoms with E-state index in [4.69, 9.17) is 4.74 Å². The Labute approximate surface area is 126 Å². The first-order valence-electron chi connectivity index (χ1n) is 7.76. The number of nitrogens with one attached hydrogen (secondary N) is 1. The van der Waals surface area contributed by atoms with Crippen molar-refractivity contribution >= 4 is 6.03 Å². The van der Waals surface area contributed by atoms with E-state index >= 15 is 0 Å². The van der Waals surface area contributed by atoms with E-state index < -0.39 is 0 Å². The van der Waals surface area contributed by atoms with Gasteiger partial charge < -0.3 is 15.0 Å². The fraction of sp³-hybridized carbons (Fsp3) is 0.625. The lowest BCUT2D eigenvalue weighted by Crippen LogP contribution is -2.39. The van der Waals surface area contributed by atoms with E-state index in [1.807, 2.05) is 25.2 Å². The lowest BCUT2D eigenvalue weighted by Gasteiger charge is -2.23. The molecule has 0 radical (unpaired) electrons. The summed E-state index contributed by atoms with van der Waals surface area (Å²) in [7, 11) is 1.81. The first-order valence-corrected chi connectivity index (χ1v) is 7.76. The van der Waals surface area contributed by atoms with Crippen LogP contribution in [0.15, 0.2) is 24.4 Å². The fourth-order valence-corrected chi connectivity index (χ4v) is 2.44. The maximum Gasteiger partial charge on any atom is 0.317 e. The van der Waals surface area contributed by atoms with Crippen LogP contribution in [0.2, 0.25) is 0 Å². The molecule has 2 heterocycles. The average Bonchev–Trinajstić information content (AvgIpc) is 2.54. The van der Waals surface area contributed by atoms with Gasteiger partial charge in [0.15, 0.2) is 0 Å². The normalized spacial score (nSPS) is 18.2. The van der Waals surface area contributed by atoms with Crippen molar-refractivity contribution in [2.75, 3.05) is 26.7 Å². The molecular weight excluding hydrogens is 266 g/mol. The number of ether oxygens (including phenoxy) is 1. The van der Waals surface area contributed by atoms with Gasteiger partial charge in [0.05, 0.1) is 6.10 Å². The van der Waals surface area contributed by atoms with E-state index in [0.29, 0.717) is 19.2 Å². The predicted octanol–water partition coefficient (Wildman–Crippen LogP) is 2.22. The fourth-order valence-electron chi connectivity index (χ4n) is 2.44. The summed E-state index contributed by atoms with van der Waals surface area (Å²) >= 11 is 0. The molecule has 0 bridgehead atoms. The van der Waals surface area contributed by atoms with E-state index in [1.54, 1.807) is 11.1 Å². The van der Waals surface area contributed by atoms with Crippen molar-refractivity contribution in [3.8, 4) is 0 Å². The van der Waals surface area contributed by atoms with Crippen LogP contribution >= 0.6 is 0 Å². The number of hydrogen-bond donors (Lipinski definition) is 1. The van der Waals surface area contributed by atoms with Gasteiger partial charge in [-0.05, 0) is 37.8 Å². The smallest absolute Gasteiger partial charge is 0.317 e. The highest BCUT2D eigenvalue weighted by Gasteiger charge is 2.14. The van der Waals surface area contributed by atoms with Gasteiger partial charge >= 0.3 is 6.03 Å². The largest absolute Gasteiger partial charge is 0.378 e. The number of amides is 2. The highest BCUT2D eigenvalue weighted by molar-refractivity contribution is 5.73. The molecule has 5 nitrogen and oxygen atoms in total. The van der Waals surface area contributed by atoms with Gasteiger partial charge in [0.2, 0.25) is 0 Å². The molecule has 1 saturated heterocycles. The third-order valence-corrected chi connectivity index (χ3v) is 3.79. The van der Waals surface area contributed by atoms with Crippen molar-refractivity contribution in [3.63, 3.8) is 0 Å². The second-order valence-corrected chi connectivity index (χ2v) is 5.50. The van der Waals surface area contributed by atoms with Gasteiger partial charge in [0.1, 0.15) is 0 Å². The van der Waals surface area contributed by atoms with Crippen LogP contribution in [-0.4, -0.2) is 48.8 Å². The van der Waals surface area contributed by atoms with Gasteiger partial charge in [-0.3, -0.25) is 4.98 Å². The molecule has 1 aromatic rings. The highest BCUT2D eigenvalue weighted by atomic mass is 16.5. The Morgan fingerprint density at radius 3 is 3.10 bits per heavy atom. The standard InChI is InChI=1S/C16H25N3O2/c1-19(12-9-14-6-2-4-10-17-14)16(20)18-11-8-15-7-3-5-13-21-15/h2,4,6,10,15H,3,5,7-9,11-13H2,1H3,(H,18,20). The van der Waals surface area contributed by atoms with Gasteiger partial charge in [-0.15, -0.1) is 0 Å². The van der Waals surface area contributed by atoms with Crippen molar-refractivity contribution in [1.82, 2.24) is 15.2 Å². The van der Waals surface area contributed by atoms with Crippen LogP contribution in [0.25, 0.3) is 0 Å². The van der Waals surface area contributed by atoms with Crippen LogP contribution in [-0.2, 0) is 11.2 Å². The number of aromatic nitrogens is 1. The van der Waals surface area contributed by atoms with Crippen LogP contribution in [0.4, 0.5) is 4.79 Å². The molecule has 1 fully saturated rings. The molecule has 0 aromatic carbocycles. The molecule has 1 aliphatic heterocycles. The SMILES string of the molecule is CN(CCc1ccccn1)C(=O)NCCC1CCCCO1. The summed E-state index contributed by atoms with van der Waals surface area (Å²) in [6, 6.07) is 5.81.